The molecule has 5 rings (SSSR count). The average Bonchev–Trinajstić information content (AvgIpc) is 3.56. The molecule has 2 heterocycles. The number of halogens is 7. The van der Waals surface area contributed by atoms with E-state index in [1.807, 2.05) is 24.3 Å². The van der Waals surface area contributed by atoms with Gasteiger partial charge in [-0.2, -0.15) is 26.3 Å². The molecule has 1 aliphatic rings. The quantitative estimate of drug-likeness (QED) is 0.181. The highest BCUT2D eigenvalue weighted by molar-refractivity contribution is 6.30. The Hall–Kier alpha value is -4.10. The first-order valence-corrected chi connectivity index (χ1v) is 15.4. The Balaban J connectivity index is 1.26. The van der Waals surface area contributed by atoms with E-state index >= 15 is 0 Å². The molecule has 4 aromatic rings. The molecule has 0 spiro atoms. The van der Waals surface area contributed by atoms with Gasteiger partial charge in [0.25, 0.3) is 5.91 Å². The first-order valence-electron chi connectivity index (χ1n) is 15.0. The first-order chi connectivity index (χ1) is 22.3. The van der Waals surface area contributed by atoms with Gasteiger partial charge >= 0.3 is 12.4 Å². The van der Waals surface area contributed by atoms with Gasteiger partial charge in [0.15, 0.2) is 0 Å². The summed E-state index contributed by atoms with van der Waals surface area (Å²) in [5.41, 5.74) is 0.253. The van der Waals surface area contributed by atoms with Crippen molar-refractivity contribution in [3.63, 3.8) is 0 Å². The van der Waals surface area contributed by atoms with E-state index in [9.17, 15) is 31.1 Å². The number of rotatable bonds is 10. The number of alkyl halides is 6. The van der Waals surface area contributed by atoms with Crippen molar-refractivity contribution >= 4 is 23.2 Å². The summed E-state index contributed by atoms with van der Waals surface area (Å²) in [5.74, 6) is -1.19. The Morgan fingerprint density at radius 3 is 2.17 bits per heavy atom. The van der Waals surface area contributed by atoms with Crippen LogP contribution in [0.15, 0.2) is 72.9 Å². The number of para-hydroxylation sites is 1. The van der Waals surface area contributed by atoms with Crippen molar-refractivity contribution in [1.82, 2.24) is 25.2 Å². The number of anilines is 1. The Kier molecular flexibility index (Phi) is 10.5. The predicted molar refractivity (Wildman–Crippen MR) is 167 cm³/mol. The summed E-state index contributed by atoms with van der Waals surface area (Å²) in [4.78, 5) is 19.1. The molecule has 0 aliphatic carbocycles. The van der Waals surface area contributed by atoms with Gasteiger partial charge in [0.2, 0.25) is 0 Å². The summed E-state index contributed by atoms with van der Waals surface area (Å²) in [7, 11) is 1.38. The monoisotopic (exact) mass is 678 g/mol. The highest BCUT2D eigenvalue weighted by Crippen LogP contribution is 2.37. The molecule has 47 heavy (non-hydrogen) atoms. The summed E-state index contributed by atoms with van der Waals surface area (Å²) in [5, 5.41) is 11.2. The molecule has 0 saturated carbocycles. The van der Waals surface area contributed by atoms with Gasteiger partial charge in [-0.05, 0) is 60.5 Å². The number of H-pyrrole nitrogens is 1. The number of nitrogens with one attached hydrogen (secondary N) is 1. The molecular formula is C33H33ClF6N6O. The maximum atomic E-state index is 13.4. The van der Waals surface area contributed by atoms with Gasteiger partial charge in [0.1, 0.15) is 0 Å². The van der Waals surface area contributed by atoms with Gasteiger partial charge < -0.3 is 9.80 Å². The molecule has 1 saturated heterocycles. The molecule has 1 fully saturated rings. The van der Waals surface area contributed by atoms with E-state index in [0.717, 1.165) is 48.7 Å². The van der Waals surface area contributed by atoms with Crippen LogP contribution in [0.1, 0.15) is 50.6 Å². The topological polar surface area (TPSA) is 68.4 Å². The smallest absolute Gasteiger partial charge is 0.369 e. The summed E-state index contributed by atoms with van der Waals surface area (Å²) >= 11 is 6.10. The fraction of sp³-hybridized carbons (Fsp3) is 0.364. The van der Waals surface area contributed by atoms with Gasteiger partial charge in [-0.25, -0.2) is 0 Å². The number of carbonyl (C=O) groups excluding carboxylic acids is 1. The molecule has 250 valence electrons. The third-order valence-electron chi connectivity index (χ3n) is 8.35. The molecule has 1 N–H and O–H groups in total. The SMILES string of the molecule is CN(C[C@@H](CCN1CCN(c2ccccc2Cc2c[nH]nn2)CC1)c1ccc(Cl)cc1)C(=O)c1cc(C(F)(F)F)cc(C(F)(F)F)c1. The van der Waals surface area contributed by atoms with E-state index in [0.29, 0.717) is 36.5 Å². The zero-order valence-corrected chi connectivity index (χ0v) is 26.2. The van der Waals surface area contributed by atoms with Crippen molar-refractivity contribution in [2.24, 2.45) is 0 Å². The average molecular weight is 679 g/mol. The lowest BCUT2D eigenvalue weighted by Gasteiger charge is -2.37. The number of hydrogen-bond donors (Lipinski definition) is 1. The number of hydrogen-bond acceptors (Lipinski definition) is 5. The van der Waals surface area contributed by atoms with Crippen molar-refractivity contribution in [2.75, 3.05) is 51.2 Å². The fourth-order valence-corrected chi connectivity index (χ4v) is 5.96. The highest BCUT2D eigenvalue weighted by atomic mass is 35.5. The van der Waals surface area contributed by atoms with Crippen molar-refractivity contribution in [3.05, 3.63) is 111 Å². The van der Waals surface area contributed by atoms with Gasteiger partial charge in [-0.1, -0.05) is 47.1 Å². The Morgan fingerprint density at radius 1 is 0.936 bits per heavy atom. The van der Waals surface area contributed by atoms with Crippen LogP contribution in [0.4, 0.5) is 32.0 Å². The van der Waals surface area contributed by atoms with Crippen molar-refractivity contribution in [2.45, 2.75) is 31.1 Å². The highest BCUT2D eigenvalue weighted by Gasteiger charge is 2.38. The molecule has 0 unspecified atom stereocenters. The molecule has 7 nitrogen and oxygen atoms in total. The standard InChI is InChI=1S/C33H33ClF6N6O/c1-44(31(47)25-16-26(32(35,36)37)19-27(17-25)33(38,39)40)21-24(22-6-8-28(34)9-7-22)10-11-45-12-14-46(15-13-45)30-5-3-2-4-23(30)18-29-20-41-43-42-29/h2-9,16-17,19-20,24H,10-15,18,21H2,1H3,(H,41,42,43)/t24-/m1/s1. The fourth-order valence-electron chi connectivity index (χ4n) is 5.84. The number of amides is 1. The lowest BCUT2D eigenvalue weighted by atomic mass is 9.94. The molecule has 1 atom stereocenters. The van der Waals surface area contributed by atoms with Crippen LogP contribution >= 0.6 is 11.6 Å². The van der Waals surface area contributed by atoms with E-state index < -0.39 is 35.0 Å². The summed E-state index contributed by atoms with van der Waals surface area (Å²) in [6.45, 7) is 3.89. The summed E-state index contributed by atoms with van der Waals surface area (Å²) in [6, 6.07) is 16.2. The van der Waals surface area contributed by atoms with Crippen LogP contribution < -0.4 is 4.90 Å². The number of likely N-dealkylation sites (N-methyl/N-ethyl adjacent to an activating group) is 1. The minimum atomic E-state index is -5.05. The number of aromatic nitrogens is 3. The molecule has 3 aromatic carbocycles. The van der Waals surface area contributed by atoms with Gasteiger partial charge in [0.05, 0.1) is 16.8 Å². The third kappa shape index (κ3) is 8.83. The summed E-state index contributed by atoms with van der Waals surface area (Å²) < 4.78 is 80.7. The van der Waals surface area contributed by atoms with E-state index in [4.69, 9.17) is 11.6 Å². The van der Waals surface area contributed by atoms with Crippen molar-refractivity contribution in [1.29, 1.82) is 0 Å². The van der Waals surface area contributed by atoms with Crippen LogP contribution in [0.2, 0.25) is 5.02 Å². The summed E-state index contributed by atoms with van der Waals surface area (Å²) in [6.07, 6.45) is -7.08. The normalized spacial score (nSPS) is 15.1. The van der Waals surface area contributed by atoms with Crippen LogP contribution in [0, 0.1) is 0 Å². The zero-order valence-electron chi connectivity index (χ0n) is 25.5. The van der Waals surface area contributed by atoms with E-state index in [2.05, 4.69) is 37.3 Å². The van der Waals surface area contributed by atoms with E-state index in [-0.39, 0.29) is 18.5 Å². The van der Waals surface area contributed by atoms with Gasteiger partial charge in [0, 0.05) is 74.6 Å². The van der Waals surface area contributed by atoms with Crippen LogP contribution in [-0.2, 0) is 18.8 Å². The van der Waals surface area contributed by atoms with E-state index in [1.165, 1.54) is 11.9 Å². The molecule has 14 heteroatoms. The number of carbonyl (C=O) groups is 1. The van der Waals surface area contributed by atoms with Crippen molar-refractivity contribution < 1.29 is 31.1 Å². The molecule has 1 aliphatic heterocycles. The Morgan fingerprint density at radius 2 is 1.57 bits per heavy atom. The lowest BCUT2D eigenvalue weighted by molar-refractivity contribution is -0.143. The minimum Gasteiger partial charge on any atom is -0.369 e. The van der Waals surface area contributed by atoms with Crippen LogP contribution in [0.25, 0.3) is 0 Å². The second kappa shape index (κ2) is 14.3. The van der Waals surface area contributed by atoms with Crippen LogP contribution in [-0.4, -0.2) is 77.4 Å². The second-order valence-corrected chi connectivity index (χ2v) is 12.1. The third-order valence-corrected chi connectivity index (χ3v) is 8.61. The zero-order chi connectivity index (χ0) is 33.8. The largest absolute Gasteiger partial charge is 0.416 e. The molecule has 1 aromatic heterocycles. The van der Waals surface area contributed by atoms with Crippen LogP contribution in [0.3, 0.4) is 0 Å². The molecular weight excluding hydrogens is 646 g/mol. The predicted octanol–water partition coefficient (Wildman–Crippen LogP) is 7.15. The maximum Gasteiger partial charge on any atom is 0.416 e. The van der Waals surface area contributed by atoms with Crippen molar-refractivity contribution in [3.8, 4) is 0 Å². The first kappa shape index (κ1) is 34.2. The van der Waals surface area contributed by atoms with E-state index in [1.54, 1.807) is 18.3 Å². The minimum absolute atomic E-state index is 0.0162. The Bertz CT molecular complexity index is 1600. The molecule has 1 amide bonds. The second-order valence-electron chi connectivity index (χ2n) is 11.6. The maximum absolute atomic E-state index is 13.4. The molecule has 0 bridgehead atoms. The molecule has 0 radical (unpaired) electrons. The van der Waals surface area contributed by atoms with Crippen LogP contribution in [0.5, 0.6) is 0 Å². The van der Waals surface area contributed by atoms with Gasteiger partial charge in [-0.15, -0.1) is 5.10 Å². The number of nitrogens with zero attached hydrogens (tertiary/aromatic N) is 5. The lowest BCUT2D eigenvalue weighted by Crippen LogP contribution is -2.47. The number of benzene rings is 3. The van der Waals surface area contributed by atoms with Gasteiger partial charge in [-0.3, -0.25) is 14.8 Å². The number of aromatic amines is 1. The number of piperazine rings is 1. The Labute approximate surface area is 273 Å².